The fourth-order valence-electron chi connectivity index (χ4n) is 3.08. The van der Waals surface area contributed by atoms with E-state index in [0.29, 0.717) is 22.9 Å². The first-order valence-electron chi connectivity index (χ1n) is 9.45. The number of nitrogens with zero attached hydrogens (tertiary/aromatic N) is 2. The van der Waals surface area contributed by atoms with Crippen LogP contribution in [0.1, 0.15) is 42.4 Å². The average Bonchev–Trinajstić information content (AvgIpc) is 3.11. The third-order valence-electron chi connectivity index (χ3n) is 4.72. The number of carbonyl (C=O) groups excluding carboxylic acids is 1. The van der Waals surface area contributed by atoms with E-state index in [1.54, 1.807) is 22.9 Å². The van der Waals surface area contributed by atoms with Crippen molar-refractivity contribution < 1.29 is 14.3 Å². The standard InChI is InChI=1S/C23H27N3O3/c1-15-10-7-8-11-16(15)26-20(14-19(25-26)23(2,3)4)24-22(27)21-17(28-5)12-9-13-18(21)29-6/h7-14H,1-6H3,(H,24,27). The van der Waals surface area contributed by atoms with Crippen LogP contribution in [0.5, 0.6) is 11.5 Å². The van der Waals surface area contributed by atoms with Crippen molar-refractivity contribution in [2.24, 2.45) is 0 Å². The fourth-order valence-corrected chi connectivity index (χ4v) is 3.08. The zero-order chi connectivity index (χ0) is 21.2. The smallest absolute Gasteiger partial charge is 0.264 e. The second kappa shape index (κ2) is 7.99. The van der Waals surface area contributed by atoms with Gasteiger partial charge in [-0.2, -0.15) is 5.10 Å². The Hall–Kier alpha value is -3.28. The van der Waals surface area contributed by atoms with Crippen LogP contribution in [0.4, 0.5) is 5.82 Å². The quantitative estimate of drug-likeness (QED) is 0.679. The predicted molar refractivity (Wildman–Crippen MR) is 115 cm³/mol. The van der Waals surface area contributed by atoms with Crippen molar-refractivity contribution in [3.8, 4) is 17.2 Å². The molecule has 152 valence electrons. The lowest BCUT2D eigenvalue weighted by Crippen LogP contribution is -2.17. The lowest BCUT2D eigenvalue weighted by Gasteiger charge is -2.15. The van der Waals surface area contributed by atoms with E-state index in [0.717, 1.165) is 16.9 Å². The van der Waals surface area contributed by atoms with Crippen LogP contribution in [0.3, 0.4) is 0 Å². The first kappa shape index (κ1) is 20.5. The Labute approximate surface area is 171 Å². The van der Waals surface area contributed by atoms with E-state index in [1.165, 1.54) is 14.2 Å². The van der Waals surface area contributed by atoms with Crippen LogP contribution < -0.4 is 14.8 Å². The molecule has 6 nitrogen and oxygen atoms in total. The average molecular weight is 393 g/mol. The number of hydrogen-bond acceptors (Lipinski definition) is 4. The number of amides is 1. The Balaban J connectivity index is 2.09. The molecule has 29 heavy (non-hydrogen) atoms. The highest BCUT2D eigenvalue weighted by atomic mass is 16.5. The van der Waals surface area contributed by atoms with E-state index in [4.69, 9.17) is 14.6 Å². The molecule has 0 radical (unpaired) electrons. The summed E-state index contributed by atoms with van der Waals surface area (Å²) in [5, 5.41) is 7.78. The summed E-state index contributed by atoms with van der Waals surface area (Å²) < 4.78 is 12.5. The van der Waals surface area contributed by atoms with E-state index in [2.05, 4.69) is 26.1 Å². The molecular weight excluding hydrogens is 366 g/mol. The second-order valence-electron chi connectivity index (χ2n) is 7.85. The van der Waals surface area contributed by atoms with Gasteiger partial charge in [0.15, 0.2) is 0 Å². The zero-order valence-corrected chi connectivity index (χ0v) is 17.7. The number of carbonyl (C=O) groups is 1. The maximum absolute atomic E-state index is 13.2. The van der Waals surface area contributed by atoms with E-state index in [1.807, 2.05) is 37.3 Å². The van der Waals surface area contributed by atoms with Crippen LogP contribution in [0, 0.1) is 6.92 Å². The number of aryl methyl sites for hydroxylation is 1. The molecule has 0 atom stereocenters. The van der Waals surface area contributed by atoms with Gasteiger partial charge < -0.3 is 14.8 Å². The second-order valence-corrected chi connectivity index (χ2v) is 7.85. The third kappa shape index (κ3) is 4.11. The molecule has 0 saturated carbocycles. The minimum absolute atomic E-state index is 0.171. The molecule has 0 unspecified atom stereocenters. The molecule has 3 aromatic rings. The van der Waals surface area contributed by atoms with Crippen molar-refractivity contribution in [2.45, 2.75) is 33.1 Å². The fraction of sp³-hybridized carbons (Fsp3) is 0.304. The number of anilines is 1. The van der Waals surface area contributed by atoms with Crippen LogP contribution in [-0.4, -0.2) is 29.9 Å². The zero-order valence-electron chi connectivity index (χ0n) is 17.7. The van der Waals surface area contributed by atoms with Crippen molar-refractivity contribution in [2.75, 3.05) is 19.5 Å². The van der Waals surface area contributed by atoms with E-state index in [-0.39, 0.29) is 11.3 Å². The number of benzene rings is 2. The van der Waals surface area contributed by atoms with Gasteiger partial charge in [-0.05, 0) is 30.7 Å². The van der Waals surface area contributed by atoms with Crippen molar-refractivity contribution in [3.05, 3.63) is 65.4 Å². The number of aromatic nitrogens is 2. The molecule has 0 aliphatic heterocycles. The van der Waals surface area contributed by atoms with Crippen molar-refractivity contribution >= 4 is 11.7 Å². The van der Waals surface area contributed by atoms with Crippen LogP contribution in [0.2, 0.25) is 0 Å². The summed E-state index contributed by atoms with van der Waals surface area (Å²) in [6, 6.07) is 15.1. The summed E-state index contributed by atoms with van der Waals surface area (Å²) in [4.78, 5) is 13.2. The molecular formula is C23H27N3O3. The Bertz CT molecular complexity index is 1010. The van der Waals surface area contributed by atoms with Gasteiger partial charge in [0.25, 0.3) is 5.91 Å². The van der Waals surface area contributed by atoms with E-state index >= 15 is 0 Å². The maximum Gasteiger partial charge on any atom is 0.264 e. The van der Waals surface area contributed by atoms with Crippen molar-refractivity contribution in [1.82, 2.24) is 9.78 Å². The Morgan fingerprint density at radius 2 is 1.62 bits per heavy atom. The topological polar surface area (TPSA) is 65.4 Å². The van der Waals surface area contributed by atoms with Crippen LogP contribution in [0.25, 0.3) is 5.69 Å². The van der Waals surface area contributed by atoms with Crippen LogP contribution in [-0.2, 0) is 5.41 Å². The van der Waals surface area contributed by atoms with Gasteiger partial charge in [-0.15, -0.1) is 0 Å². The summed E-state index contributed by atoms with van der Waals surface area (Å²) >= 11 is 0. The number of ether oxygens (including phenoxy) is 2. The molecule has 0 spiro atoms. The SMILES string of the molecule is COc1cccc(OC)c1C(=O)Nc1cc(C(C)(C)C)nn1-c1ccccc1C. The van der Waals surface area contributed by atoms with Gasteiger partial charge in [0.1, 0.15) is 22.9 Å². The van der Waals surface area contributed by atoms with Crippen LogP contribution >= 0.6 is 0 Å². The Morgan fingerprint density at radius 1 is 1.00 bits per heavy atom. The molecule has 1 aromatic heterocycles. The van der Waals surface area contributed by atoms with Gasteiger partial charge in [-0.25, -0.2) is 4.68 Å². The molecule has 0 saturated heterocycles. The summed E-state index contributed by atoms with van der Waals surface area (Å²) in [6.45, 7) is 8.29. The maximum atomic E-state index is 13.2. The molecule has 1 N–H and O–H groups in total. The number of nitrogens with one attached hydrogen (secondary N) is 1. The normalized spacial score (nSPS) is 11.2. The molecule has 0 aliphatic rings. The molecule has 3 rings (SSSR count). The molecule has 0 bridgehead atoms. The van der Waals surface area contributed by atoms with Gasteiger partial charge in [0.05, 0.1) is 25.6 Å². The first-order valence-corrected chi connectivity index (χ1v) is 9.45. The van der Waals surface area contributed by atoms with Gasteiger partial charge >= 0.3 is 0 Å². The number of hydrogen-bond donors (Lipinski definition) is 1. The summed E-state index contributed by atoms with van der Waals surface area (Å²) in [5.74, 6) is 1.15. The van der Waals surface area contributed by atoms with Gasteiger partial charge in [0, 0.05) is 11.5 Å². The van der Waals surface area contributed by atoms with Gasteiger partial charge in [0.2, 0.25) is 0 Å². The largest absolute Gasteiger partial charge is 0.496 e. The Kier molecular flexibility index (Phi) is 5.64. The van der Waals surface area contributed by atoms with E-state index in [9.17, 15) is 4.79 Å². The lowest BCUT2D eigenvalue weighted by atomic mass is 9.92. The molecule has 0 fully saturated rings. The van der Waals surface area contributed by atoms with Crippen molar-refractivity contribution in [3.63, 3.8) is 0 Å². The molecule has 2 aromatic carbocycles. The third-order valence-corrected chi connectivity index (χ3v) is 4.72. The van der Waals surface area contributed by atoms with Gasteiger partial charge in [-0.1, -0.05) is 45.0 Å². The lowest BCUT2D eigenvalue weighted by molar-refractivity contribution is 0.102. The van der Waals surface area contributed by atoms with E-state index < -0.39 is 0 Å². The van der Waals surface area contributed by atoms with Crippen molar-refractivity contribution in [1.29, 1.82) is 0 Å². The summed E-state index contributed by atoms with van der Waals surface area (Å²) in [6.07, 6.45) is 0. The minimum Gasteiger partial charge on any atom is -0.496 e. The highest BCUT2D eigenvalue weighted by molar-refractivity contribution is 6.08. The first-order chi connectivity index (χ1) is 13.8. The summed E-state index contributed by atoms with van der Waals surface area (Å²) in [5.41, 5.74) is 3.01. The molecule has 1 heterocycles. The highest BCUT2D eigenvalue weighted by Gasteiger charge is 2.24. The minimum atomic E-state index is -0.325. The van der Waals surface area contributed by atoms with Gasteiger partial charge in [-0.3, -0.25) is 4.79 Å². The molecule has 0 aliphatic carbocycles. The Morgan fingerprint density at radius 3 is 2.17 bits per heavy atom. The molecule has 6 heteroatoms. The number of methoxy groups -OCH3 is 2. The monoisotopic (exact) mass is 393 g/mol. The highest BCUT2D eigenvalue weighted by Crippen LogP contribution is 2.31. The molecule has 1 amide bonds. The summed E-state index contributed by atoms with van der Waals surface area (Å²) in [7, 11) is 3.06. The van der Waals surface area contributed by atoms with Crippen LogP contribution in [0.15, 0.2) is 48.5 Å². The number of rotatable bonds is 5. The predicted octanol–water partition coefficient (Wildman–Crippen LogP) is 4.75. The number of para-hydroxylation sites is 1.